The number of anilines is 1. The van der Waals surface area contributed by atoms with Gasteiger partial charge in [-0.05, 0) is 12.1 Å². The number of carbonyl (C=O) groups excluding carboxylic acids is 2. The van der Waals surface area contributed by atoms with Crippen LogP contribution in [-0.4, -0.2) is 30.6 Å². The van der Waals surface area contributed by atoms with Crippen molar-refractivity contribution in [3.63, 3.8) is 0 Å². The average molecular weight is 154 g/mol. The number of benzene rings is 1. The van der Waals surface area contributed by atoms with Crippen LogP contribution < -0.4 is 5.32 Å². The molecule has 0 bridgehead atoms. The van der Waals surface area contributed by atoms with E-state index in [1.54, 1.807) is 24.3 Å². The molecule has 0 spiro atoms. The number of para-hydroxylation sites is 1. The summed E-state index contributed by atoms with van der Waals surface area (Å²) in [5, 5.41) is 2.46. The van der Waals surface area contributed by atoms with Gasteiger partial charge in [0.15, 0.2) is 0 Å². The van der Waals surface area contributed by atoms with Crippen molar-refractivity contribution < 1.29 is 9.59 Å². The number of carbonyl (C=O) groups is 2. The molecule has 4 heteroatoms. The van der Waals surface area contributed by atoms with E-state index in [4.69, 9.17) is 0 Å². The third kappa shape index (κ3) is 1.18. The van der Waals surface area contributed by atoms with E-state index in [-0.39, 0.29) is 18.9 Å². The van der Waals surface area contributed by atoms with Crippen molar-refractivity contribution in [2.75, 3.05) is 5.32 Å². The molecule has 1 heterocycles. The Hall–Kier alpha value is -1.04. The Labute approximate surface area is 81.3 Å². The molecule has 0 fully saturated rings. The minimum absolute atomic E-state index is 0. The summed E-state index contributed by atoms with van der Waals surface area (Å²) in [6.45, 7) is 0. The molecule has 0 unspecified atom stereocenters. The van der Waals surface area contributed by atoms with E-state index in [1.807, 2.05) is 0 Å². The van der Waals surface area contributed by atoms with Gasteiger partial charge in [-0.3, -0.25) is 9.59 Å². The molecule has 1 aromatic carbocycles. The van der Waals surface area contributed by atoms with Crippen molar-refractivity contribution in [3.8, 4) is 0 Å². The van der Waals surface area contributed by atoms with E-state index >= 15 is 0 Å². The zero-order valence-electron chi connectivity index (χ0n) is 6.63. The first-order valence-electron chi connectivity index (χ1n) is 3.24. The number of fused-ring (bicyclic) bond motifs is 1. The van der Waals surface area contributed by atoms with Gasteiger partial charge in [0.2, 0.25) is 0 Å². The molecule has 1 amide bonds. The van der Waals surface area contributed by atoms with E-state index in [1.165, 1.54) is 0 Å². The molecule has 2 rings (SSSR count). The van der Waals surface area contributed by atoms with E-state index in [0.717, 1.165) is 0 Å². The van der Waals surface area contributed by atoms with Gasteiger partial charge in [0.25, 0.3) is 11.7 Å². The van der Waals surface area contributed by atoms with E-state index in [0.29, 0.717) is 11.3 Å². The molecule has 0 aromatic heterocycles. The quantitative estimate of drug-likeness (QED) is 0.435. The molecule has 1 radical (unpaired) electrons. The average Bonchev–Trinajstić information content (AvgIpc) is 2.30. The SMILES string of the molecule is O=C1Nc2ccccc2C1=O.[Li]. The second-order valence-electron chi connectivity index (χ2n) is 2.33. The number of Topliss-reactive ketones (excluding diaryl/α,β-unsaturated/α-hetero) is 1. The number of nitrogens with one attached hydrogen (secondary N) is 1. The summed E-state index contributed by atoms with van der Waals surface area (Å²) >= 11 is 0. The van der Waals surface area contributed by atoms with Crippen molar-refractivity contribution in [3.05, 3.63) is 29.8 Å². The number of amides is 1. The molecule has 0 atom stereocenters. The van der Waals surface area contributed by atoms with E-state index in [2.05, 4.69) is 5.32 Å². The Morgan fingerprint density at radius 2 is 1.75 bits per heavy atom. The van der Waals surface area contributed by atoms with E-state index in [9.17, 15) is 9.59 Å². The second kappa shape index (κ2) is 3.14. The normalized spacial score (nSPS) is 13.3. The molecular formula is C8H5LiNO2. The predicted octanol–water partition coefficient (Wildman–Crippen LogP) is 0.441. The zero-order chi connectivity index (χ0) is 7.84. The van der Waals surface area contributed by atoms with Crippen LogP contribution in [0, 0.1) is 0 Å². The molecule has 1 aromatic rings. The summed E-state index contributed by atoms with van der Waals surface area (Å²) in [5.41, 5.74) is 1.08. The number of hydrogen-bond donors (Lipinski definition) is 1. The number of hydrogen-bond acceptors (Lipinski definition) is 2. The van der Waals surface area contributed by atoms with Crippen molar-refractivity contribution in [2.45, 2.75) is 0 Å². The minimum Gasteiger partial charge on any atom is -0.318 e. The van der Waals surface area contributed by atoms with Crippen LogP contribution >= 0.6 is 0 Å². The van der Waals surface area contributed by atoms with Gasteiger partial charge in [0.1, 0.15) is 0 Å². The molecular weight excluding hydrogens is 149 g/mol. The van der Waals surface area contributed by atoms with Crippen LogP contribution in [0.5, 0.6) is 0 Å². The summed E-state index contributed by atoms with van der Waals surface area (Å²) in [7, 11) is 0. The Morgan fingerprint density at radius 1 is 1.08 bits per heavy atom. The fraction of sp³-hybridized carbons (Fsp3) is 0. The summed E-state index contributed by atoms with van der Waals surface area (Å²) < 4.78 is 0. The van der Waals surface area contributed by atoms with Gasteiger partial charge in [-0.2, -0.15) is 0 Å². The third-order valence-electron chi connectivity index (χ3n) is 1.63. The van der Waals surface area contributed by atoms with Gasteiger partial charge < -0.3 is 5.32 Å². The summed E-state index contributed by atoms with van der Waals surface area (Å²) in [4.78, 5) is 21.8. The van der Waals surface area contributed by atoms with Crippen LogP contribution in [-0.2, 0) is 4.79 Å². The zero-order valence-corrected chi connectivity index (χ0v) is 6.63. The van der Waals surface area contributed by atoms with Crippen LogP contribution in [0.1, 0.15) is 10.4 Å². The Morgan fingerprint density at radius 3 is 2.42 bits per heavy atom. The predicted molar refractivity (Wildman–Crippen MR) is 45.2 cm³/mol. The standard InChI is InChI=1S/C8H5NO2.Li/c10-7-5-3-1-2-4-6(5)9-8(7)11;/h1-4H,(H,9,10,11);. The summed E-state index contributed by atoms with van der Waals surface area (Å²) in [5.74, 6) is -0.980. The molecule has 0 aliphatic carbocycles. The molecule has 1 N–H and O–H groups in total. The Kier molecular flexibility index (Phi) is 2.37. The van der Waals surface area contributed by atoms with Crippen LogP contribution in [0.4, 0.5) is 5.69 Å². The minimum atomic E-state index is -0.536. The molecule has 0 saturated carbocycles. The Bertz CT molecular complexity index is 349. The maximum atomic E-state index is 11.0. The van der Waals surface area contributed by atoms with Gasteiger partial charge >= 0.3 is 0 Å². The monoisotopic (exact) mass is 154 g/mol. The molecule has 12 heavy (non-hydrogen) atoms. The van der Waals surface area contributed by atoms with Crippen LogP contribution in [0.15, 0.2) is 24.3 Å². The maximum Gasteiger partial charge on any atom is 0.296 e. The summed E-state index contributed by atoms with van der Waals surface area (Å²) in [6, 6.07) is 6.85. The fourth-order valence-corrected chi connectivity index (χ4v) is 1.09. The molecule has 3 nitrogen and oxygen atoms in total. The second-order valence-corrected chi connectivity index (χ2v) is 2.33. The van der Waals surface area contributed by atoms with Crippen LogP contribution in [0.2, 0.25) is 0 Å². The van der Waals surface area contributed by atoms with Crippen LogP contribution in [0.25, 0.3) is 0 Å². The Balaban J connectivity index is 0.000000720. The third-order valence-corrected chi connectivity index (χ3v) is 1.63. The van der Waals surface area contributed by atoms with Crippen molar-refractivity contribution >= 4 is 36.2 Å². The largest absolute Gasteiger partial charge is 0.318 e. The van der Waals surface area contributed by atoms with Gasteiger partial charge in [-0.1, -0.05) is 12.1 Å². The first-order valence-corrected chi connectivity index (χ1v) is 3.24. The van der Waals surface area contributed by atoms with Crippen molar-refractivity contribution in [1.82, 2.24) is 0 Å². The van der Waals surface area contributed by atoms with Gasteiger partial charge in [0, 0.05) is 18.9 Å². The fourth-order valence-electron chi connectivity index (χ4n) is 1.09. The maximum absolute atomic E-state index is 11.0. The molecule has 55 valence electrons. The van der Waals surface area contributed by atoms with Gasteiger partial charge in [-0.25, -0.2) is 0 Å². The molecule has 1 aliphatic heterocycles. The number of rotatable bonds is 0. The molecule has 1 aliphatic rings. The molecule has 0 saturated heterocycles. The topological polar surface area (TPSA) is 46.2 Å². The van der Waals surface area contributed by atoms with Gasteiger partial charge in [-0.15, -0.1) is 0 Å². The number of ketones is 1. The van der Waals surface area contributed by atoms with Gasteiger partial charge in [0.05, 0.1) is 11.3 Å². The van der Waals surface area contributed by atoms with Crippen molar-refractivity contribution in [2.24, 2.45) is 0 Å². The van der Waals surface area contributed by atoms with E-state index < -0.39 is 11.7 Å². The van der Waals surface area contributed by atoms with Crippen LogP contribution in [0.3, 0.4) is 0 Å². The first-order chi connectivity index (χ1) is 5.29. The van der Waals surface area contributed by atoms with Crippen molar-refractivity contribution in [1.29, 1.82) is 0 Å². The summed E-state index contributed by atoms with van der Waals surface area (Å²) in [6.07, 6.45) is 0. The first kappa shape index (κ1) is 9.05. The smallest absolute Gasteiger partial charge is 0.296 e.